The zero-order chi connectivity index (χ0) is 14.3. The van der Waals surface area contributed by atoms with Crippen LogP contribution in [0.25, 0.3) is 0 Å². The second kappa shape index (κ2) is 7.79. The zero-order valence-electron chi connectivity index (χ0n) is 10.7. The minimum Gasteiger partial charge on any atom is -0.315 e. The number of hydrogen-bond donors (Lipinski definition) is 2. The van der Waals surface area contributed by atoms with Crippen LogP contribution in [0.2, 0.25) is 5.02 Å². The summed E-state index contributed by atoms with van der Waals surface area (Å²) in [6, 6.07) is 4.64. The molecule has 1 rings (SSSR count). The molecular formula is C12H18ClFN2O2S. The Morgan fingerprint density at radius 2 is 2.00 bits per heavy atom. The van der Waals surface area contributed by atoms with Gasteiger partial charge in [0.1, 0.15) is 5.82 Å². The van der Waals surface area contributed by atoms with Crippen molar-refractivity contribution in [3.8, 4) is 0 Å². The molecular weight excluding hydrogens is 291 g/mol. The van der Waals surface area contributed by atoms with Gasteiger partial charge in [-0.2, -0.15) is 0 Å². The molecule has 0 atom stereocenters. The lowest BCUT2D eigenvalue weighted by atomic mass is 10.1. The molecule has 0 aliphatic rings. The maximum absolute atomic E-state index is 13.4. The third-order valence-electron chi connectivity index (χ3n) is 2.51. The van der Waals surface area contributed by atoms with Crippen LogP contribution in [0.3, 0.4) is 0 Å². The number of rotatable bonds is 8. The monoisotopic (exact) mass is 308 g/mol. The van der Waals surface area contributed by atoms with Crippen molar-refractivity contribution in [3.05, 3.63) is 34.6 Å². The molecule has 0 aromatic heterocycles. The van der Waals surface area contributed by atoms with Gasteiger partial charge in [-0.1, -0.05) is 17.7 Å². The molecule has 0 unspecified atom stereocenters. The smallest absolute Gasteiger partial charge is 0.208 e. The SMILES string of the molecule is CS(=O)(=O)NCCNCCCc1c(F)cccc1Cl. The molecule has 19 heavy (non-hydrogen) atoms. The Kier molecular flexibility index (Phi) is 6.71. The topological polar surface area (TPSA) is 58.2 Å². The van der Waals surface area contributed by atoms with Gasteiger partial charge in [0, 0.05) is 23.7 Å². The van der Waals surface area contributed by atoms with E-state index in [1.165, 1.54) is 6.07 Å². The first-order valence-corrected chi connectivity index (χ1v) is 8.25. The van der Waals surface area contributed by atoms with E-state index in [1.807, 2.05) is 0 Å². The van der Waals surface area contributed by atoms with Crippen molar-refractivity contribution in [2.45, 2.75) is 12.8 Å². The van der Waals surface area contributed by atoms with Gasteiger partial charge in [0.2, 0.25) is 10.0 Å². The van der Waals surface area contributed by atoms with Crippen LogP contribution in [0.15, 0.2) is 18.2 Å². The van der Waals surface area contributed by atoms with Crippen LogP contribution in [0, 0.1) is 5.82 Å². The minimum atomic E-state index is -3.13. The van der Waals surface area contributed by atoms with E-state index >= 15 is 0 Å². The molecule has 0 heterocycles. The lowest BCUT2D eigenvalue weighted by Crippen LogP contribution is -2.31. The Morgan fingerprint density at radius 3 is 2.63 bits per heavy atom. The highest BCUT2D eigenvalue weighted by Crippen LogP contribution is 2.20. The fourth-order valence-electron chi connectivity index (χ4n) is 1.61. The van der Waals surface area contributed by atoms with Gasteiger partial charge in [0.15, 0.2) is 0 Å². The third-order valence-corrected chi connectivity index (χ3v) is 3.59. The van der Waals surface area contributed by atoms with Gasteiger partial charge in [0.05, 0.1) is 6.26 Å². The van der Waals surface area contributed by atoms with Crippen molar-refractivity contribution in [2.75, 3.05) is 25.9 Å². The number of nitrogens with one attached hydrogen (secondary N) is 2. The Hall–Kier alpha value is -0.690. The summed E-state index contributed by atoms with van der Waals surface area (Å²) in [5.41, 5.74) is 0.528. The quantitative estimate of drug-likeness (QED) is 0.716. The van der Waals surface area contributed by atoms with Crippen molar-refractivity contribution in [1.29, 1.82) is 0 Å². The summed E-state index contributed by atoms with van der Waals surface area (Å²) in [5, 5.41) is 3.52. The van der Waals surface area contributed by atoms with Crippen LogP contribution in [0.1, 0.15) is 12.0 Å². The van der Waals surface area contributed by atoms with E-state index in [0.717, 1.165) is 12.7 Å². The van der Waals surface area contributed by atoms with Crippen LogP contribution in [-0.4, -0.2) is 34.3 Å². The Balaban J connectivity index is 2.18. The van der Waals surface area contributed by atoms with Crippen LogP contribution in [0.4, 0.5) is 4.39 Å². The highest BCUT2D eigenvalue weighted by Gasteiger charge is 2.05. The van der Waals surface area contributed by atoms with Gasteiger partial charge in [-0.3, -0.25) is 0 Å². The molecule has 0 saturated heterocycles. The summed E-state index contributed by atoms with van der Waals surface area (Å²) >= 11 is 5.91. The van der Waals surface area contributed by atoms with E-state index in [9.17, 15) is 12.8 Å². The third kappa shape index (κ3) is 6.87. The first-order chi connectivity index (χ1) is 8.90. The van der Waals surface area contributed by atoms with Crippen LogP contribution in [0.5, 0.6) is 0 Å². The molecule has 0 aliphatic carbocycles. The lowest BCUT2D eigenvalue weighted by molar-refractivity contribution is 0.575. The summed E-state index contributed by atoms with van der Waals surface area (Å²) in [6.07, 6.45) is 2.41. The second-order valence-electron chi connectivity index (χ2n) is 4.22. The predicted molar refractivity (Wildman–Crippen MR) is 75.4 cm³/mol. The first-order valence-electron chi connectivity index (χ1n) is 5.98. The molecule has 4 nitrogen and oxygen atoms in total. The van der Waals surface area contributed by atoms with E-state index < -0.39 is 10.0 Å². The van der Waals surface area contributed by atoms with Gasteiger partial charge in [-0.25, -0.2) is 17.5 Å². The fraction of sp³-hybridized carbons (Fsp3) is 0.500. The maximum Gasteiger partial charge on any atom is 0.208 e. The Morgan fingerprint density at radius 1 is 1.26 bits per heavy atom. The number of sulfonamides is 1. The predicted octanol–water partition coefficient (Wildman–Crippen LogP) is 1.55. The molecule has 1 aromatic carbocycles. The summed E-state index contributed by atoms with van der Waals surface area (Å²) in [7, 11) is -3.13. The Labute approximate surface area is 118 Å². The summed E-state index contributed by atoms with van der Waals surface area (Å²) < 4.78 is 37.4. The minimum absolute atomic E-state index is 0.286. The van der Waals surface area contributed by atoms with Crippen molar-refractivity contribution >= 4 is 21.6 Å². The molecule has 1 aromatic rings. The van der Waals surface area contributed by atoms with Crippen molar-refractivity contribution in [2.24, 2.45) is 0 Å². The van der Waals surface area contributed by atoms with E-state index in [-0.39, 0.29) is 5.82 Å². The molecule has 108 valence electrons. The lowest BCUT2D eigenvalue weighted by Gasteiger charge is -2.07. The highest BCUT2D eigenvalue weighted by molar-refractivity contribution is 7.88. The number of benzene rings is 1. The summed E-state index contributed by atoms with van der Waals surface area (Å²) in [5.74, 6) is -0.286. The molecule has 0 aliphatic heterocycles. The molecule has 2 N–H and O–H groups in total. The highest BCUT2D eigenvalue weighted by atomic mass is 35.5. The Bertz CT molecular complexity index is 488. The summed E-state index contributed by atoms with van der Waals surface area (Å²) in [4.78, 5) is 0. The van der Waals surface area contributed by atoms with E-state index in [1.54, 1.807) is 12.1 Å². The van der Waals surface area contributed by atoms with Gasteiger partial charge >= 0.3 is 0 Å². The maximum atomic E-state index is 13.4. The van der Waals surface area contributed by atoms with Crippen LogP contribution >= 0.6 is 11.6 Å². The molecule has 0 radical (unpaired) electrons. The average molecular weight is 309 g/mol. The van der Waals surface area contributed by atoms with Crippen LogP contribution < -0.4 is 10.0 Å². The van der Waals surface area contributed by atoms with Gasteiger partial charge < -0.3 is 5.32 Å². The fourth-order valence-corrected chi connectivity index (χ4v) is 2.34. The van der Waals surface area contributed by atoms with Crippen molar-refractivity contribution in [3.63, 3.8) is 0 Å². The molecule has 0 fully saturated rings. The standard InChI is InChI=1S/C12H18ClFN2O2S/c1-19(17,18)16-9-8-15-7-3-4-10-11(13)5-2-6-12(10)14/h2,5-6,15-16H,3-4,7-9H2,1H3. The van der Waals surface area contributed by atoms with Crippen LogP contribution in [-0.2, 0) is 16.4 Å². The van der Waals surface area contributed by atoms with E-state index in [0.29, 0.717) is 36.6 Å². The van der Waals surface area contributed by atoms with E-state index in [2.05, 4.69) is 10.0 Å². The first kappa shape index (κ1) is 16.4. The zero-order valence-corrected chi connectivity index (χ0v) is 12.3. The second-order valence-corrected chi connectivity index (χ2v) is 6.46. The van der Waals surface area contributed by atoms with Gasteiger partial charge in [0.25, 0.3) is 0 Å². The van der Waals surface area contributed by atoms with E-state index in [4.69, 9.17) is 11.6 Å². The van der Waals surface area contributed by atoms with Gasteiger partial charge in [-0.15, -0.1) is 0 Å². The van der Waals surface area contributed by atoms with Crippen molar-refractivity contribution in [1.82, 2.24) is 10.0 Å². The average Bonchev–Trinajstić information content (AvgIpc) is 2.29. The van der Waals surface area contributed by atoms with Gasteiger partial charge in [-0.05, 0) is 31.5 Å². The number of halogens is 2. The summed E-state index contributed by atoms with van der Waals surface area (Å²) in [6.45, 7) is 1.56. The largest absolute Gasteiger partial charge is 0.315 e. The molecule has 0 spiro atoms. The van der Waals surface area contributed by atoms with Crippen molar-refractivity contribution < 1.29 is 12.8 Å². The normalized spacial score (nSPS) is 11.7. The number of hydrogen-bond acceptors (Lipinski definition) is 3. The molecule has 7 heteroatoms. The molecule has 0 amide bonds. The molecule has 0 saturated carbocycles. The molecule has 0 bridgehead atoms.